The SMILES string of the molecule is CCCC[C@H](c1ccccc1)P(=O)(OCC)OCC. The summed E-state index contributed by atoms with van der Waals surface area (Å²) in [5.74, 6) is 0. The lowest BCUT2D eigenvalue weighted by Gasteiger charge is -2.26. The van der Waals surface area contributed by atoms with E-state index in [1.165, 1.54) is 0 Å². The quantitative estimate of drug-likeness (QED) is 0.586. The Labute approximate surface area is 116 Å². The maximum atomic E-state index is 13.0. The Balaban J connectivity index is 3.03. The summed E-state index contributed by atoms with van der Waals surface area (Å²) in [5, 5.41) is 0. The maximum absolute atomic E-state index is 13.0. The van der Waals surface area contributed by atoms with Crippen LogP contribution in [0.1, 0.15) is 51.3 Å². The largest absolute Gasteiger partial charge is 0.338 e. The lowest BCUT2D eigenvalue weighted by Crippen LogP contribution is -2.07. The second-order valence-corrected chi connectivity index (χ2v) is 6.66. The summed E-state index contributed by atoms with van der Waals surface area (Å²) < 4.78 is 24.0. The third-order valence-electron chi connectivity index (χ3n) is 3.02. The molecule has 3 nitrogen and oxygen atoms in total. The van der Waals surface area contributed by atoms with E-state index in [4.69, 9.17) is 9.05 Å². The standard InChI is InChI=1S/C15H25O3P/c1-4-7-13-15(14-11-9-8-10-12-14)19(16,17-5-2)18-6-3/h8-12,15H,4-7,13H2,1-3H3/t15-/m1/s1. The van der Waals surface area contributed by atoms with Gasteiger partial charge in [-0.2, -0.15) is 0 Å². The number of rotatable bonds is 9. The molecule has 0 amide bonds. The fraction of sp³-hybridized carbons (Fsp3) is 0.600. The number of benzene rings is 1. The van der Waals surface area contributed by atoms with Gasteiger partial charge in [0.15, 0.2) is 0 Å². The Morgan fingerprint density at radius 1 is 1.05 bits per heavy atom. The van der Waals surface area contributed by atoms with Crippen LogP contribution in [0.3, 0.4) is 0 Å². The zero-order valence-electron chi connectivity index (χ0n) is 12.2. The molecule has 1 atom stereocenters. The molecular weight excluding hydrogens is 259 g/mol. The summed E-state index contributed by atoms with van der Waals surface area (Å²) in [7, 11) is -3.08. The predicted octanol–water partition coefficient (Wildman–Crippen LogP) is 5.18. The number of hydrogen-bond acceptors (Lipinski definition) is 3. The first kappa shape index (κ1) is 16.4. The van der Waals surface area contributed by atoms with Crippen molar-refractivity contribution in [2.45, 2.75) is 45.7 Å². The van der Waals surface area contributed by atoms with Gasteiger partial charge in [0.2, 0.25) is 0 Å². The highest BCUT2D eigenvalue weighted by Crippen LogP contribution is 2.62. The summed E-state index contributed by atoms with van der Waals surface area (Å²) in [6.45, 7) is 6.66. The van der Waals surface area contributed by atoms with E-state index in [0.29, 0.717) is 13.2 Å². The lowest BCUT2D eigenvalue weighted by molar-refractivity contribution is 0.210. The summed E-state index contributed by atoms with van der Waals surface area (Å²) in [4.78, 5) is 0. The van der Waals surface area contributed by atoms with Crippen molar-refractivity contribution >= 4 is 7.60 Å². The topological polar surface area (TPSA) is 35.5 Å². The van der Waals surface area contributed by atoms with Crippen LogP contribution in [0, 0.1) is 0 Å². The van der Waals surface area contributed by atoms with E-state index in [2.05, 4.69) is 6.92 Å². The van der Waals surface area contributed by atoms with Gasteiger partial charge in [-0.25, -0.2) is 0 Å². The fourth-order valence-corrected chi connectivity index (χ4v) is 4.35. The van der Waals surface area contributed by atoms with Gasteiger partial charge < -0.3 is 9.05 Å². The monoisotopic (exact) mass is 284 g/mol. The molecule has 0 radical (unpaired) electrons. The molecule has 0 spiro atoms. The molecule has 0 saturated carbocycles. The Morgan fingerprint density at radius 2 is 1.63 bits per heavy atom. The molecule has 19 heavy (non-hydrogen) atoms. The second-order valence-electron chi connectivity index (χ2n) is 4.44. The van der Waals surface area contributed by atoms with E-state index < -0.39 is 7.60 Å². The summed E-state index contributed by atoms with van der Waals surface area (Å²) in [5.41, 5.74) is 0.884. The van der Waals surface area contributed by atoms with Crippen molar-refractivity contribution in [2.24, 2.45) is 0 Å². The molecule has 0 aliphatic heterocycles. The van der Waals surface area contributed by atoms with Gasteiger partial charge in [-0.1, -0.05) is 50.1 Å². The van der Waals surface area contributed by atoms with Crippen molar-refractivity contribution in [2.75, 3.05) is 13.2 Å². The van der Waals surface area contributed by atoms with Gasteiger partial charge in [0, 0.05) is 0 Å². The number of hydrogen-bond donors (Lipinski definition) is 0. The average molecular weight is 284 g/mol. The molecular formula is C15H25O3P. The molecule has 0 aromatic heterocycles. The van der Waals surface area contributed by atoms with Crippen LogP contribution in [-0.4, -0.2) is 13.2 Å². The lowest BCUT2D eigenvalue weighted by atomic mass is 10.1. The summed E-state index contributed by atoms with van der Waals surface area (Å²) >= 11 is 0. The van der Waals surface area contributed by atoms with E-state index in [-0.39, 0.29) is 5.66 Å². The van der Waals surface area contributed by atoms with Crippen molar-refractivity contribution in [3.63, 3.8) is 0 Å². The third kappa shape index (κ3) is 4.76. The van der Waals surface area contributed by atoms with Crippen LogP contribution < -0.4 is 0 Å². The molecule has 0 N–H and O–H groups in total. The molecule has 0 unspecified atom stereocenters. The van der Waals surface area contributed by atoms with Crippen molar-refractivity contribution < 1.29 is 13.6 Å². The molecule has 4 heteroatoms. The Bertz CT molecular complexity index is 382. The van der Waals surface area contributed by atoms with E-state index in [9.17, 15) is 4.57 Å². The number of unbranched alkanes of at least 4 members (excludes halogenated alkanes) is 1. The summed E-state index contributed by atoms with van der Waals surface area (Å²) in [6.07, 6.45) is 2.92. The minimum Gasteiger partial charge on any atom is -0.308 e. The van der Waals surface area contributed by atoms with E-state index in [1.807, 2.05) is 44.2 Å². The van der Waals surface area contributed by atoms with Crippen LogP contribution >= 0.6 is 7.60 Å². The highest BCUT2D eigenvalue weighted by Gasteiger charge is 2.35. The van der Waals surface area contributed by atoms with Crippen LogP contribution in [-0.2, 0) is 13.6 Å². The van der Waals surface area contributed by atoms with Crippen LogP contribution in [0.15, 0.2) is 30.3 Å². The second kappa shape index (κ2) is 8.52. The molecule has 0 heterocycles. The predicted molar refractivity (Wildman–Crippen MR) is 79.6 cm³/mol. The van der Waals surface area contributed by atoms with Gasteiger partial charge in [-0.15, -0.1) is 0 Å². The first-order chi connectivity index (χ1) is 9.18. The summed E-state index contributed by atoms with van der Waals surface area (Å²) in [6, 6.07) is 9.91. The Hall–Kier alpha value is -0.630. The molecule has 0 aliphatic rings. The van der Waals surface area contributed by atoms with Gasteiger partial charge in [0.1, 0.15) is 0 Å². The van der Waals surface area contributed by atoms with Crippen molar-refractivity contribution in [1.82, 2.24) is 0 Å². The molecule has 1 aromatic carbocycles. The van der Waals surface area contributed by atoms with E-state index in [0.717, 1.165) is 24.8 Å². The molecule has 1 rings (SSSR count). The first-order valence-electron chi connectivity index (χ1n) is 7.11. The van der Waals surface area contributed by atoms with E-state index >= 15 is 0 Å². The van der Waals surface area contributed by atoms with Crippen molar-refractivity contribution in [1.29, 1.82) is 0 Å². The van der Waals surface area contributed by atoms with Gasteiger partial charge in [0.25, 0.3) is 0 Å². The van der Waals surface area contributed by atoms with Crippen LogP contribution in [0.5, 0.6) is 0 Å². The Kier molecular flexibility index (Phi) is 7.37. The Morgan fingerprint density at radius 3 is 2.11 bits per heavy atom. The minimum absolute atomic E-state index is 0.159. The molecule has 1 aromatic rings. The van der Waals surface area contributed by atoms with Gasteiger partial charge in [0.05, 0.1) is 18.9 Å². The zero-order valence-corrected chi connectivity index (χ0v) is 13.1. The van der Waals surface area contributed by atoms with Crippen LogP contribution in [0.2, 0.25) is 0 Å². The van der Waals surface area contributed by atoms with Crippen LogP contribution in [0.4, 0.5) is 0 Å². The highest BCUT2D eigenvalue weighted by molar-refractivity contribution is 7.54. The highest BCUT2D eigenvalue weighted by atomic mass is 31.2. The van der Waals surface area contributed by atoms with Crippen molar-refractivity contribution in [3.05, 3.63) is 35.9 Å². The minimum atomic E-state index is -3.08. The van der Waals surface area contributed by atoms with Gasteiger partial charge in [-0.05, 0) is 25.8 Å². The molecule has 0 saturated heterocycles. The van der Waals surface area contributed by atoms with Crippen LogP contribution in [0.25, 0.3) is 0 Å². The van der Waals surface area contributed by atoms with Gasteiger partial charge in [-0.3, -0.25) is 4.57 Å². The zero-order chi connectivity index (χ0) is 14.1. The third-order valence-corrected chi connectivity index (χ3v) is 5.57. The first-order valence-corrected chi connectivity index (χ1v) is 8.72. The molecule has 108 valence electrons. The molecule has 0 fully saturated rings. The fourth-order valence-electron chi connectivity index (χ4n) is 2.16. The smallest absolute Gasteiger partial charge is 0.308 e. The van der Waals surface area contributed by atoms with E-state index in [1.54, 1.807) is 0 Å². The molecule has 0 aliphatic carbocycles. The average Bonchev–Trinajstić information content (AvgIpc) is 2.41. The van der Waals surface area contributed by atoms with Crippen molar-refractivity contribution in [3.8, 4) is 0 Å². The normalized spacial score (nSPS) is 13.4. The molecule has 0 bridgehead atoms. The maximum Gasteiger partial charge on any atom is 0.338 e. The van der Waals surface area contributed by atoms with Gasteiger partial charge >= 0.3 is 7.60 Å².